The molecule has 1 aliphatic carbocycles. The van der Waals surface area contributed by atoms with Crippen LogP contribution in [0.1, 0.15) is 18.5 Å². The van der Waals surface area contributed by atoms with Crippen LogP contribution < -0.4 is 5.32 Å². The van der Waals surface area contributed by atoms with E-state index in [4.69, 9.17) is 11.6 Å². The summed E-state index contributed by atoms with van der Waals surface area (Å²) in [7, 11) is 0. The van der Waals surface area contributed by atoms with Crippen molar-refractivity contribution in [3.63, 3.8) is 0 Å². The van der Waals surface area contributed by atoms with Crippen LogP contribution in [-0.2, 0) is 11.0 Å². The first kappa shape index (κ1) is 20.4. The van der Waals surface area contributed by atoms with Crippen LogP contribution in [-0.4, -0.2) is 25.5 Å². The number of fused-ring (bicyclic) bond motifs is 1. The fraction of sp³-hybridized carbons (Fsp3) is 0.182. The van der Waals surface area contributed by atoms with Crippen LogP contribution in [0, 0.1) is 5.92 Å². The molecule has 4 aromatic rings. The molecule has 0 saturated heterocycles. The summed E-state index contributed by atoms with van der Waals surface area (Å²) in [6, 6.07) is 10.9. The van der Waals surface area contributed by atoms with E-state index in [9.17, 15) is 18.0 Å². The summed E-state index contributed by atoms with van der Waals surface area (Å²) >= 11 is 6.22. The van der Waals surface area contributed by atoms with Crippen molar-refractivity contribution in [2.45, 2.75) is 19.0 Å². The number of hydrogen-bond acceptors (Lipinski definition) is 4. The van der Waals surface area contributed by atoms with E-state index in [0.717, 1.165) is 19.0 Å². The average Bonchev–Trinajstić information content (AvgIpc) is 3.53. The predicted molar refractivity (Wildman–Crippen MR) is 113 cm³/mol. The number of carbonyl (C=O) groups is 1. The van der Waals surface area contributed by atoms with Crippen LogP contribution in [0.3, 0.4) is 0 Å². The van der Waals surface area contributed by atoms with E-state index in [1.165, 1.54) is 22.7 Å². The van der Waals surface area contributed by atoms with E-state index in [-0.39, 0.29) is 23.1 Å². The van der Waals surface area contributed by atoms with Crippen molar-refractivity contribution >= 4 is 28.8 Å². The zero-order valence-electron chi connectivity index (χ0n) is 16.4. The molecule has 0 radical (unpaired) electrons. The Morgan fingerprint density at radius 3 is 2.69 bits per heavy atom. The third kappa shape index (κ3) is 3.91. The maximum absolute atomic E-state index is 13.3. The quantitative estimate of drug-likeness (QED) is 0.440. The van der Waals surface area contributed by atoms with Gasteiger partial charge in [0.05, 0.1) is 28.3 Å². The van der Waals surface area contributed by atoms with Crippen molar-refractivity contribution in [1.29, 1.82) is 0 Å². The van der Waals surface area contributed by atoms with Crippen molar-refractivity contribution in [2.75, 3.05) is 5.32 Å². The summed E-state index contributed by atoms with van der Waals surface area (Å²) < 4.78 is 41.4. The van der Waals surface area contributed by atoms with Gasteiger partial charge < -0.3 is 5.32 Å². The lowest BCUT2D eigenvalue weighted by atomic mass is 10.1. The predicted octanol–water partition coefficient (Wildman–Crippen LogP) is 5.48. The Labute approximate surface area is 185 Å². The van der Waals surface area contributed by atoms with Gasteiger partial charge in [0.2, 0.25) is 5.91 Å². The van der Waals surface area contributed by atoms with Gasteiger partial charge in [-0.15, -0.1) is 0 Å². The zero-order valence-corrected chi connectivity index (χ0v) is 17.2. The molecule has 162 valence electrons. The van der Waals surface area contributed by atoms with Crippen LogP contribution >= 0.6 is 11.6 Å². The molecule has 1 N–H and O–H groups in total. The summed E-state index contributed by atoms with van der Waals surface area (Å²) in [4.78, 5) is 20.1. The molecule has 3 aromatic heterocycles. The van der Waals surface area contributed by atoms with Gasteiger partial charge in [-0.05, 0) is 49.2 Å². The first-order valence-electron chi connectivity index (χ1n) is 9.79. The molecule has 10 heteroatoms. The number of nitrogens with zero attached hydrogens (tertiary/aromatic N) is 4. The smallest absolute Gasteiger partial charge is 0.325 e. The molecule has 3 heterocycles. The third-order valence-corrected chi connectivity index (χ3v) is 5.47. The highest BCUT2D eigenvalue weighted by Crippen LogP contribution is 2.35. The molecule has 0 atom stereocenters. The lowest BCUT2D eigenvalue weighted by molar-refractivity contribution is -0.140. The van der Waals surface area contributed by atoms with E-state index in [1.807, 2.05) is 0 Å². The Hall–Kier alpha value is -3.46. The van der Waals surface area contributed by atoms with Crippen molar-refractivity contribution in [3.05, 3.63) is 65.6 Å². The SMILES string of the molecule is O=C(Nc1cc(-c2cn3nc(-c4cccnc4C(F)(F)F)ccc3n2)ccc1Cl)C1CC1. The minimum atomic E-state index is -4.60. The van der Waals surface area contributed by atoms with Crippen LogP contribution in [0.25, 0.3) is 28.2 Å². The van der Waals surface area contributed by atoms with Crippen molar-refractivity contribution in [2.24, 2.45) is 5.92 Å². The molecule has 5 rings (SSSR count). The molecule has 0 aliphatic heterocycles. The maximum atomic E-state index is 13.3. The highest BCUT2D eigenvalue weighted by Gasteiger charge is 2.36. The number of amides is 1. The van der Waals surface area contributed by atoms with Gasteiger partial charge in [-0.1, -0.05) is 17.7 Å². The summed E-state index contributed by atoms with van der Waals surface area (Å²) in [5, 5.41) is 7.54. The van der Waals surface area contributed by atoms with Crippen LogP contribution in [0.15, 0.2) is 54.9 Å². The molecule has 1 aromatic carbocycles. The minimum absolute atomic E-state index is 0.0293. The number of anilines is 1. The highest BCUT2D eigenvalue weighted by molar-refractivity contribution is 6.33. The molecule has 1 saturated carbocycles. The number of pyridine rings is 1. The zero-order chi connectivity index (χ0) is 22.5. The fourth-order valence-corrected chi connectivity index (χ4v) is 3.53. The van der Waals surface area contributed by atoms with Gasteiger partial charge in [0.25, 0.3) is 0 Å². The number of aromatic nitrogens is 4. The molecule has 1 aliphatic rings. The third-order valence-electron chi connectivity index (χ3n) is 5.14. The topological polar surface area (TPSA) is 72.2 Å². The molecule has 0 unspecified atom stereocenters. The number of alkyl halides is 3. The van der Waals surface area contributed by atoms with E-state index < -0.39 is 11.9 Å². The minimum Gasteiger partial charge on any atom is -0.325 e. The molecule has 32 heavy (non-hydrogen) atoms. The molecule has 6 nitrogen and oxygen atoms in total. The summed E-state index contributed by atoms with van der Waals surface area (Å²) in [5.74, 6) is -0.0381. The number of imidazole rings is 1. The van der Waals surface area contributed by atoms with Gasteiger partial charge in [-0.25, -0.2) is 9.50 Å². The second-order valence-corrected chi connectivity index (χ2v) is 7.91. The number of rotatable bonds is 4. The van der Waals surface area contributed by atoms with Gasteiger partial charge in [0.15, 0.2) is 11.3 Å². The Morgan fingerprint density at radius 1 is 1.12 bits per heavy atom. The highest BCUT2D eigenvalue weighted by atomic mass is 35.5. The van der Waals surface area contributed by atoms with Crippen molar-refractivity contribution < 1.29 is 18.0 Å². The number of carbonyl (C=O) groups excluding carboxylic acids is 1. The van der Waals surface area contributed by atoms with Gasteiger partial charge in [0, 0.05) is 23.2 Å². The van der Waals surface area contributed by atoms with E-state index in [1.54, 1.807) is 30.5 Å². The van der Waals surface area contributed by atoms with E-state index >= 15 is 0 Å². The number of halogens is 4. The Morgan fingerprint density at radius 2 is 1.94 bits per heavy atom. The molecule has 0 spiro atoms. The summed E-state index contributed by atoms with van der Waals surface area (Å²) in [6.45, 7) is 0. The molecular weight excluding hydrogens is 443 g/mol. The van der Waals surface area contributed by atoms with Crippen LogP contribution in [0.4, 0.5) is 18.9 Å². The van der Waals surface area contributed by atoms with Crippen LogP contribution in [0.5, 0.6) is 0 Å². The Kier molecular flexibility index (Phi) is 4.85. The largest absolute Gasteiger partial charge is 0.434 e. The monoisotopic (exact) mass is 457 g/mol. The average molecular weight is 458 g/mol. The second-order valence-electron chi connectivity index (χ2n) is 7.50. The summed E-state index contributed by atoms with van der Waals surface area (Å²) in [6.07, 6.45) is -0.149. The van der Waals surface area contributed by atoms with Gasteiger partial charge in [-0.2, -0.15) is 18.3 Å². The van der Waals surface area contributed by atoms with E-state index in [2.05, 4.69) is 20.4 Å². The Balaban J connectivity index is 1.51. The van der Waals surface area contributed by atoms with Crippen molar-refractivity contribution in [3.8, 4) is 22.5 Å². The number of hydrogen-bond donors (Lipinski definition) is 1. The fourth-order valence-electron chi connectivity index (χ4n) is 3.36. The molecular formula is C22H15ClF3N5O. The van der Waals surface area contributed by atoms with E-state index in [0.29, 0.717) is 27.6 Å². The normalized spacial score (nSPS) is 14.0. The first-order chi connectivity index (χ1) is 15.3. The van der Waals surface area contributed by atoms with Gasteiger partial charge in [-0.3, -0.25) is 9.78 Å². The number of benzene rings is 1. The van der Waals surface area contributed by atoms with Gasteiger partial charge in [0.1, 0.15) is 0 Å². The second kappa shape index (κ2) is 7.59. The standard InChI is InChI=1S/C22H15ClF3N5O/c23-15-6-5-13(10-17(15)29-21(32)12-3-4-12)18-11-31-19(28-18)8-7-16(30-31)14-2-1-9-27-20(14)22(24,25)26/h1-2,5-12H,3-4H2,(H,29,32). The maximum Gasteiger partial charge on any atom is 0.434 e. The number of nitrogens with one attached hydrogen (secondary N) is 1. The molecule has 0 bridgehead atoms. The lowest BCUT2D eigenvalue weighted by Gasteiger charge is -2.10. The summed E-state index contributed by atoms with van der Waals surface area (Å²) in [5.41, 5.74) is 1.17. The molecule has 1 fully saturated rings. The van der Waals surface area contributed by atoms with Crippen LogP contribution in [0.2, 0.25) is 5.02 Å². The lowest BCUT2D eigenvalue weighted by Crippen LogP contribution is -2.13. The Bertz CT molecular complexity index is 1350. The van der Waals surface area contributed by atoms with Gasteiger partial charge >= 0.3 is 6.18 Å². The molecule has 1 amide bonds. The van der Waals surface area contributed by atoms with Crippen molar-refractivity contribution in [1.82, 2.24) is 19.6 Å². The first-order valence-corrected chi connectivity index (χ1v) is 10.2.